The van der Waals surface area contributed by atoms with Gasteiger partial charge in [0, 0.05) is 24.5 Å². The Hall–Kier alpha value is -1.81. The lowest BCUT2D eigenvalue weighted by atomic mass is 10.1. The molecule has 0 aliphatic heterocycles. The molecule has 1 unspecified atom stereocenters. The number of rotatable bonds is 5. The smallest absolute Gasteiger partial charge is 0.141 e. The van der Waals surface area contributed by atoms with Crippen LogP contribution in [0, 0.1) is 5.82 Å². The van der Waals surface area contributed by atoms with Gasteiger partial charge in [-0.1, -0.05) is 13.0 Å². The summed E-state index contributed by atoms with van der Waals surface area (Å²) in [5.74, 6) is -0.307. The van der Waals surface area contributed by atoms with Crippen LogP contribution >= 0.6 is 0 Å². The average molecular weight is 259 g/mol. The largest absolute Gasteiger partial charge is 0.302 e. The molecule has 0 bridgehead atoms. The lowest BCUT2D eigenvalue weighted by molar-refractivity contribution is 0.446. The normalized spacial score (nSPS) is 14.1. The second-order valence-electron chi connectivity index (χ2n) is 4.54. The number of pyridine rings is 2. The maximum absolute atomic E-state index is 12.9. The van der Waals surface area contributed by atoms with Gasteiger partial charge in [0.15, 0.2) is 0 Å². The Balaban J connectivity index is 2.09. The summed E-state index contributed by atoms with van der Waals surface area (Å²) >= 11 is 0. The minimum atomic E-state index is -0.307. The van der Waals surface area contributed by atoms with Gasteiger partial charge in [0.25, 0.3) is 0 Å². The summed E-state index contributed by atoms with van der Waals surface area (Å²) in [5, 5.41) is 3.49. The Morgan fingerprint density at radius 1 is 1.26 bits per heavy atom. The molecule has 100 valence electrons. The van der Waals surface area contributed by atoms with Crippen molar-refractivity contribution >= 4 is 0 Å². The van der Waals surface area contributed by atoms with Crippen LogP contribution in [0.15, 0.2) is 42.9 Å². The zero-order valence-corrected chi connectivity index (χ0v) is 11.2. The number of nitrogens with one attached hydrogen (secondary N) is 1. The molecule has 0 fully saturated rings. The third-order valence-corrected chi connectivity index (χ3v) is 3.15. The van der Waals surface area contributed by atoms with E-state index in [9.17, 15) is 4.39 Å². The molecule has 0 radical (unpaired) electrons. The van der Waals surface area contributed by atoms with Gasteiger partial charge in [-0.05, 0) is 37.1 Å². The van der Waals surface area contributed by atoms with E-state index in [1.54, 1.807) is 12.3 Å². The van der Waals surface area contributed by atoms with Gasteiger partial charge in [0.2, 0.25) is 0 Å². The highest BCUT2D eigenvalue weighted by Gasteiger charge is 2.14. The Kier molecular flexibility index (Phi) is 4.58. The fourth-order valence-corrected chi connectivity index (χ4v) is 2.04. The molecule has 0 saturated heterocycles. The summed E-state index contributed by atoms with van der Waals surface area (Å²) in [6.45, 7) is 4.17. The molecule has 2 aromatic rings. The third-order valence-electron chi connectivity index (χ3n) is 3.15. The first-order valence-corrected chi connectivity index (χ1v) is 6.48. The van der Waals surface area contributed by atoms with Crippen LogP contribution in [-0.4, -0.2) is 9.97 Å². The fraction of sp³-hybridized carbons (Fsp3) is 0.333. The molecule has 19 heavy (non-hydrogen) atoms. The van der Waals surface area contributed by atoms with Gasteiger partial charge < -0.3 is 5.32 Å². The van der Waals surface area contributed by atoms with Gasteiger partial charge in [0.1, 0.15) is 5.82 Å². The van der Waals surface area contributed by atoms with E-state index in [1.165, 1.54) is 12.3 Å². The number of halogens is 1. The zero-order chi connectivity index (χ0) is 13.7. The number of hydrogen-bond donors (Lipinski definition) is 1. The Morgan fingerprint density at radius 3 is 2.68 bits per heavy atom. The van der Waals surface area contributed by atoms with Gasteiger partial charge in [-0.25, -0.2) is 4.39 Å². The van der Waals surface area contributed by atoms with Crippen LogP contribution in [-0.2, 0) is 0 Å². The number of hydrogen-bond acceptors (Lipinski definition) is 3. The van der Waals surface area contributed by atoms with Gasteiger partial charge >= 0.3 is 0 Å². The Labute approximate surface area is 112 Å². The predicted molar refractivity (Wildman–Crippen MR) is 73.0 cm³/mol. The van der Waals surface area contributed by atoms with Gasteiger partial charge in [-0.3, -0.25) is 9.97 Å². The molecule has 2 aromatic heterocycles. The van der Waals surface area contributed by atoms with Gasteiger partial charge in [0.05, 0.1) is 11.9 Å². The SMILES string of the molecule is CCC(N[C@H](C)c1cccnc1)c1ccc(F)cn1. The van der Waals surface area contributed by atoms with Crippen molar-refractivity contribution in [1.82, 2.24) is 15.3 Å². The lowest BCUT2D eigenvalue weighted by Gasteiger charge is -2.22. The third kappa shape index (κ3) is 3.58. The summed E-state index contributed by atoms with van der Waals surface area (Å²) in [5.41, 5.74) is 1.99. The van der Waals surface area contributed by atoms with E-state index in [1.807, 2.05) is 18.3 Å². The van der Waals surface area contributed by atoms with Crippen LogP contribution < -0.4 is 5.32 Å². The molecule has 2 heterocycles. The van der Waals surface area contributed by atoms with Crippen molar-refractivity contribution in [2.45, 2.75) is 32.4 Å². The van der Waals surface area contributed by atoms with E-state index in [0.717, 1.165) is 17.7 Å². The molecule has 0 amide bonds. The van der Waals surface area contributed by atoms with E-state index in [-0.39, 0.29) is 17.9 Å². The highest BCUT2D eigenvalue weighted by Crippen LogP contribution is 2.20. The Bertz CT molecular complexity index is 499. The highest BCUT2D eigenvalue weighted by atomic mass is 19.1. The van der Waals surface area contributed by atoms with E-state index in [2.05, 4.69) is 29.1 Å². The van der Waals surface area contributed by atoms with Crippen molar-refractivity contribution < 1.29 is 4.39 Å². The van der Waals surface area contributed by atoms with Crippen molar-refractivity contribution in [3.05, 3.63) is 59.9 Å². The molecule has 4 heteroatoms. The lowest BCUT2D eigenvalue weighted by Crippen LogP contribution is -2.25. The monoisotopic (exact) mass is 259 g/mol. The van der Waals surface area contributed by atoms with Crippen molar-refractivity contribution in [1.29, 1.82) is 0 Å². The molecule has 2 rings (SSSR count). The second-order valence-corrected chi connectivity index (χ2v) is 4.54. The molecule has 0 aliphatic rings. The van der Waals surface area contributed by atoms with Crippen LogP contribution in [0.3, 0.4) is 0 Å². The predicted octanol–water partition coefficient (Wildman–Crippen LogP) is 3.42. The molecule has 0 aromatic carbocycles. The number of aromatic nitrogens is 2. The molecule has 0 aliphatic carbocycles. The zero-order valence-electron chi connectivity index (χ0n) is 11.2. The van der Waals surface area contributed by atoms with Crippen molar-refractivity contribution in [3.8, 4) is 0 Å². The maximum Gasteiger partial charge on any atom is 0.141 e. The first-order chi connectivity index (χ1) is 9.20. The minimum absolute atomic E-state index is 0.107. The first kappa shape index (κ1) is 13.6. The summed E-state index contributed by atoms with van der Waals surface area (Å²) in [6.07, 6.45) is 5.76. The van der Waals surface area contributed by atoms with E-state index < -0.39 is 0 Å². The van der Waals surface area contributed by atoms with Crippen LogP contribution in [0.1, 0.15) is 43.6 Å². The fourth-order valence-electron chi connectivity index (χ4n) is 2.04. The second kappa shape index (κ2) is 6.38. The maximum atomic E-state index is 12.9. The number of nitrogens with zero attached hydrogens (tertiary/aromatic N) is 2. The van der Waals surface area contributed by atoms with Gasteiger partial charge in [-0.15, -0.1) is 0 Å². The quantitative estimate of drug-likeness (QED) is 0.894. The molecule has 1 N–H and O–H groups in total. The highest BCUT2D eigenvalue weighted by molar-refractivity contribution is 5.15. The van der Waals surface area contributed by atoms with Crippen molar-refractivity contribution in [2.75, 3.05) is 0 Å². The molecule has 2 atom stereocenters. The van der Waals surface area contributed by atoms with Crippen molar-refractivity contribution in [2.24, 2.45) is 0 Å². The van der Waals surface area contributed by atoms with Crippen molar-refractivity contribution in [3.63, 3.8) is 0 Å². The molecule has 3 nitrogen and oxygen atoms in total. The summed E-state index contributed by atoms with van der Waals surface area (Å²) in [6, 6.07) is 7.41. The summed E-state index contributed by atoms with van der Waals surface area (Å²) < 4.78 is 12.9. The first-order valence-electron chi connectivity index (χ1n) is 6.48. The standard InChI is InChI=1S/C15H18FN3/c1-3-14(15-7-6-13(16)10-18-15)19-11(2)12-5-4-8-17-9-12/h4-11,14,19H,3H2,1-2H3/t11-,14?/m1/s1. The van der Waals surface area contributed by atoms with Crippen LogP contribution in [0.4, 0.5) is 4.39 Å². The molecule has 0 saturated carbocycles. The summed E-state index contributed by atoms with van der Waals surface area (Å²) in [7, 11) is 0. The van der Waals surface area contributed by atoms with E-state index in [4.69, 9.17) is 0 Å². The molecule has 0 spiro atoms. The van der Waals surface area contributed by atoms with Crippen LogP contribution in [0.25, 0.3) is 0 Å². The molecular formula is C15H18FN3. The van der Waals surface area contributed by atoms with Gasteiger partial charge in [-0.2, -0.15) is 0 Å². The topological polar surface area (TPSA) is 37.8 Å². The average Bonchev–Trinajstić information content (AvgIpc) is 2.46. The van der Waals surface area contributed by atoms with E-state index >= 15 is 0 Å². The summed E-state index contributed by atoms with van der Waals surface area (Å²) in [4.78, 5) is 8.26. The Morgan fingerprint density at radius 2 is 2.11 bits per heavy atom. The molecular weight excluding hydrogens is 241 g/mol. The van der Waals surface area contributed by atoms with Crippen LogP contribution in [0.5, 0.6) is 0 Å². The van der Waals surface area contributed by atoms with Crippen LogP contribution in [0.2, 0.25) is 0 Å². The minimum Gasteiger partial charge on any atom is -0.302 e. The van der Waals surface area contributed by atoms with E-state index in [0.29, 0.717) is 0 Å².